The van der Waals surface area contributed by atoms with Gasteiger partial charge in [0.15, 0.2) is 0 Å². The molecule has 0 aliphatic heterocycles. The number of aliphatic imine (C=N–C) groups is 1. The topological polar surface area (TPSA) is 64.4 Å². The van der Waals surface area contributed by atoms with Gasteiger partial charge in [-0.2, -0.15) is 0 Å². The van der Waals surface area contributed by atoms with Gasteiger partial charge in [0.25, 0.3) is 0 Å². The van der Waals surface area contributed by atoms with E-state index in [-0.39, 0.29) is 5.38 Å². The van der Waals surface area contributed by atoms with Gasteiger partial charge in [-0.05, 0) is 65.1 Å². The number of halogens is 2. The van der Waals surface area contributed by atoms with Crippen LogP contribution in [-0.2, 0) is 0 Å². The number of hydrogen-bond donors (Lipinski definition) is 2. The fourth-order valence-electron chi connectivity index (χ4n) is 3.07. The Morgan fingerprint density at radius 3 is 2.19 bits per heavy atom. The number of anilines is 2. The second-order valence-corrected chi connectivity index (χ2v) is 7.25. The first-order chi connectivity index (χ1) is 12.4. The Morgan fingerprint density at radius 1 is 0.923 bits per heavy atom. The van der Waals surface area contributed by atoms with Crippen LogP contribution in [0.1, 0.15) is 16.7 Å². The molecule has 1 aliphatic rings. The minimum absolute atomic E-state index is 0.389. The van der Waals surface area contributed by atoms with Crippen molar-refractivity contribution in [3.8, 4) is 0 Å². The Kier molecular flexibility index (Phi) is 5.40. The summed E-state index contributed by atoms with van der Waals surface area (Å²) in [4.78, 5) is 4.21. The summed E-state index contributed by atoms with van der Waals surface area (Å²) in [5.74, 6) is 0. The summed E-state index contributed by atoms with van der Waals surface area (Å²) in [7, 11) is 1.72. The summed E-state index contributed by atoms with van der Waals surface area (Å²) in [6.45, 7) is 1.99. The van der Waals surface area contributed by atoms with Crippen molar-refractivity contribution in [3.63, 3.8) is 0 Å². The van der Waals surface area contributed by atoms with Gasteiger partial charge in [-0.25, -0.2) is 0 Å². The number of alkyl halides is 2. The zero-order valence-corrected chi connectivity index (χ0v) is 16.2. The van der Waals surface area contributed by atoms with Crippen LogP contribution in [0.3, 0.4) is 0 Å². The van der Waals surface area contributed by atoms with Crippen molar-refractivity contribution in [1.82, 2.24) is 0 Å². The number of allylic oxidation sites excluding steroid dienone is 3. The van der Waals surface area contributed by atoms with Crippen molar-refractivity contribution >= 4 is 45.9 Å². The summed E-state index contributed by atoms with van der Waals surface area (Å²) in [5.41, 5.74) is 19.2. The van der Waals surface area contributed by atoms with Gasteiger partial charge in [-0.15, -0.1) is 23.2 Å². The fourth-order valence-corrected chi connectivity index (χ4v) is 3.68. The van der Waals surface area contributed by atoms with Gasteiger partial charge < -0.3 is 11.5 Å². The summed E-state index contributed by atoms with van der Waals surface area (Å²) in [6.07, 6.45) is 3.92. The molecule has 0 fully saturated rings. The summed E-state index contributed by atoms with van der Waals surface area (Å²) in [6, 6.07) is 13.7. The van der Waals surface area contributed by atoms with Crippen molar-refractivity contribution in [2.45, 2.75) is 17.7 Å². The number of benzene rings is 2. The predicted octanol–water partition coefficient (Wildman–Crippen LogP) is 4.82. The molecule has 2 aromatic rings. The van der Waals surface area contributed by atoms with Crippen LogP contribution in [-0.4, -0.2) is 23.5 Å². The molecule has 2 aromatic carbocycles. The average molecular weight is 386 g/mol. The lowest BCUT2D eigenvalue weighted by atomic mass is 9.86. The average Bonchev–Trinajstić information content (AvgIpc) is 2.63. The summed E-state index contributed by atoms with van der Waals surface area (Å²) in [5, 5.41) is -0.786. The van der Waals surface area contributed by atoms with Crippen LogP contribution >= 0.6 is 23.2 Å². The first-order valence-electron chi connectivity index (χ1n) is 8.32. The van der Waals surface area contributed by atoms with Crippen molar-refractivity contribution < 1.29 is 0 Å². The van der Waals surface area contributed by atoms with Crippen LogP contribution in [0.4, 0.5) is 11.4 Å². The lowest BCUT2D eigenvalue weighted by Gasteiger charge is -2.26. The Labute approximate surface area is 164 Å². The molecule has 3 nitrogen and oxygen atoms in total. The molecule has 5 heteroatoms. The molecule has 4 N–H and O–H groups in total. The molecule has 134 valence electrons. The zero-order chi connectivity index (χ0) is 18.8. The number of aryl methyl sites for hydroxylation is 1. The number of nitrogen functional groups attached to an aromatic ring is 2. The molecule has 0 saturated carbocycles. The summed E-state index contributed by atoms with van der Waals surface area (Å²) >= 11 is 13.3. The molecular formula is C21H21Cl2N3. The van der Waals surface area contributed by atoms with Gasteiger partial charge >= 0.3 is 0 Å². The van der Waals surface area contributed by atoms with Gasteiger partial charge in [-0.1, -0.05) is 24.3 Å². The highest BCUT2D eigenvalue weighted by Crippen LogP contribution is 2.37. The van der Waals surface area contributed by atoms with E-state index >= 15 is 0 Å². The number of nitrogens with two attached hydrogens (primary N) is 2. The lowest BCUT2D eigenvalue weighted by Crippen LogP contribution is -2.29. The SMILES string of the molecule is CN=C1C=CC(=C(c2ccc(N)cc2)c2ccc(N)c(C)c2)C(Cl)C1Cl. The van der Waals surface area contributed by atoms with Gasteiger partial charge in [0, 0.05) is 18.4 Å². The van der Waals surface area contributed by atoms with E-state index < -0.39 is 5.38 Å². The number of nitrogens with zero attached hydrogens (tertiary/aromatic N) is 1. The first-order valence-corrected chi connectivity index (χ1v) is 9.19. The lowest BCUT2D eigenvalue weighted by molar-refractivity contribution is 1.04. The third kappa shape index (κ3) is 3.50. The van der Waals surface area contributed by atoms with E-state index in [9.17, 15) is 0 Å². The van der Waals surface area contributed by atoms with Gasteiger partial charge in [0.2, 0.25) is 0 Å². The maximum atomic E-state index is 6.73. The quantitative estimate of drug-likeness (QED) is 0.574. The maximum absolute atomic E-state index is 6.73. The molecule has 0 radical (unpaired) electrons. The molecule has 26 heavy (non-hydrogen) atoms. The third-order valence-electron chi connectivity index (χ3n) is 4.57. The van der Waals surface area contributed by atoms with E-state index in [0.29, 0.717) is 5.69 Å². The largest absolute Gasteiger partial charge is 0.399 e. The van der Waals surface area contributed by atoms with Crippen LogP contribution in [0.15, 0.2) is 65.2 Å². The Bertz CT molecular complexity index is 911. The number of rotatable bonds is 2. The molecule has 2 atom stereocenters. The van der Waals surface area contributed by atoms with Crippen LogP contribution in [0.5, 0.6) is 0 Å². The Morgan fingerprint density at radius 2 is 1.58 bits per heavy atom. The maximum Gasteiger partial charge on any atom is 0.0957 e. The second-order valence-electron chi connectivity index (χ2n) is 6.31. The monoisotopic (exact) mass is 385 g/mol. The second kappa shape index (κ2) is 7.56. The summed E-state index contributed by atoms with van der Waals surface area (Å²) < 4.78 is 0. The molecule has 0 spiro atoms. The fraction of sp³-hybridized carbons (Fsp3) is 0.190. The normalized spacial score (nSPS) is 23.3. The minimum Gasteiger partial charge on any atom is -0.399 e. The zero-order valence-electron chi connectivity index (χ0n) is 14.7. The highest BCUT2D eigenvalue weighted by Gasteiger charge is 2.29. The highest BCUT2D eigenvalue weighted by molar-refractivity contribution is 6.42. The molecule has 3 rings (SSSR count). The smallest absolute Gasteiger partial charge is 0.0957 e. The molecular weight excluding hydrogens is 365 g/mol. The van der Waals surface area contributed by atoms with Crippen molar-refractivity contribution in [2.24, 2.45) is 4.99 Å². The molecule has 0 heterocycles. The van der Waals surface area contributed by atoms with E-state index in [0.717, 1.165) is 39.2 Å². The van der Waals surface area contributed by atoms with E-state index in [4.69, 9.17) is 34.7 Å². The van der Waals surface area contributed by atoms with Crippen LogP contribution in [0.25, 0.3) is 5.57 Å². The standard InChI is InChI=1S/C21H21Cl2N3/c1-12-11-14(5-9-17(12)25)19(13-3-6-15(24)7-4-13)16-8-10-18(26-2)21(23)20(16)22/h3-11,20-21H,24-25H2,1-2H3. The Hall–Kier alpha value is -2.23. The van der Waals surface area contributed by atoms with Crippen molar-refractivity contribution in [2.75, 3.05) is 18.5 Å². The predicted molar refractivity (Wildman–Crippen MR) is 114 cm³/mol. The molecule has 2 unspecified atom stereocenters. The van der Waals surface area contributed by atoms with E-state index in [2.05, 4.69) is 11.1 Å². The number of hydrogen-bond acceptors (Lipinski definition) is 3. The van der Waals surface area contributed by atoms with E-state index in [1.54, 1.807) is 7.05 Å². The molecule has 0 bridgehead atoms. The Balaban J connectivity index is 2.27. The van der Waals surface area contributed by atoms with Crippen molar-refractivity contribution in [3.05, 3.63) is 76.9 Å². The van der Waals surface area contributed by atoms with Crippen LogP contribution in [0.2, 0.25) is 0 Å². The highest BCUT2D eigenvalue weighted by atomic mass is 35.5. The van der Waals surface area contributed by atoms with Crippen LogP contribution < -0.4 is 11.5 Å². The molecule has 0 saturated heterocycles. The van der Waals surface area contributed by atoms with Crippen LogP contribution in [0, 0.1) is 6.92 Å². The van der Waals surface area contributed by atoms with Gasteiger partial charge in [0.05, 0.1) is 16.5 Å². The van der Waals surface area contributed by atoms with E-state index in [1.807, 2.05) is 55.5 Å². The van der Waals surface area contributed by atoms with E-state index in [1.165, 1.54) is 0 Å². The molecule has 0 amide bonds. The third-order valence-corrected chi connectivity index (χ3v) is 5.67. The molecule has 0 aromatic heterocycles. The van der Waals surface area contributed by atoms with Gasteiger partial charge in [-0.3, -0.25) is 4.99 Å². The minimum atomic E-state index is -0.397. The molecule has 1 aliphatic carbocycles. The van der Waals surface area contributed by atoms with Gasteiger partial charge in [0.1, 0.15) is 0 Å². The van der Waals surface area contributed by atoms with Crippen molar-refractivity contribution in [1.29, 1.82) is 0 Å². The first kappa shape index (κ1) is 18.6.